The van der Waals surface area contributed by atoms with Gasteiger partial charge in [-0.05, 0) is 19.1 Å². The van der Waals surface area contributed by atoms with Crippen LogP contribution in [0.1, 0.15) is 12.6 Å². The number of ether oxygens (including phenoxy) is 1. The fourth-order valence-electron chi connectivity index (χ4n) is 1.28. The van der Waals surface area contributed by atoms with Crippen molar-refractivity contribution in [2.45, 2.75) is 6.92 Å². The van der Waals surface area contributed by atoms with Crippen LogP contribution in [0.15, 0.2) is 18.3 Å². The number of nitrogen functional groups attached to an aromatic ring is 1. The smallest absolute Gasteiger partial charge is 0.141 e. The molecule has 0 fully saturated rings. The summed E-state index contributed by atoms with van der Waals surface area (Å²) in [5.41, 5.74) is 6.87. The highest BCUT2D eigenvalue weighted by molar-refractivity contribution is 5.93. The van der Waals surface area contributed by atoms with Crippen LogP contribution in [-0.2, 0) is 4.74 Å². The number of nitrogens with one attached hydrogen (secondary N) is 1. The Bertz CT molecular complexity index is 354. The molecule has 88 valence electrons. The molecule has 5 nitrogen and oxygen atoms in total. The van der Waals surface area contributed by atoms with Crippen molar-refractivity contribution >= 4 is 11.5 Å². The molecule has 1 aromatic rings. The molecule has 0 unspecified atom stereocenters. The monoisotopic (exact) mass is 222 g/mol. The van der Waals surface area contributed by atoms with Gasteiger partial charge >= 0.3 is 0 Å². The van der Waals surface area contributed by atoms with Crippen LogP contribution in [0, 0.1) is 5.41 Å². The molecule has 0 aromatic carbocycles. The van der Waals surface area contributed by atoms with E-state index >= 15 is 0 Å². The minimum absolute atomic E-state index is 0.0138. The summed E-state index contributed by atoms with van der Waals surface area (Å²) in [6.07, 6.45) is 1.66. The van der Waals surface area contributed by atoms with E-state index in [1.165, 1.54) is 0 Å². The first-order valence-electron chi connectivity index (χ1n) is 5.24. The highest BCUT2D eigenvalue weighted by atomic mass is 16.5. The van der Waals surface area contributed by atoms with Gasteiger partial charge in [-0.25, -0.2) is 0 Å². The number of anilines is 1. The minimum atomic E-state index is -0.0138. The summed E-state index contributed by atoms with van der Waals surface area (Å²) in [5.74, 6) is -0.0138. The Kier molecular flexibility index (Phi) is 4.72. The van der Waals surface area contributed by atoms with Crippen molar-refractivity contribution in [1.82, 2.24) is 4.98 Å². The van der Waals surface area contributed by atoms with Crippen LogP contribution in [-0.4, -0.2) is 37.6 Å². The molecule has 5 heteroatoms. The molecule has 0 bridgehead atoms. The van der Waals surface area contributed by atoms with E-state index in [0.29, 0.717) is 12.3 Å². The van der Waals surface area contributed by atoms with Crippen molar-refractivity contribution in [2.24, 2.45) is 5.73 Å². The SMILES string of the molecule is CCOCCN(C)c1ccnc(C(=N)N)c1. The number of nitrogens with two attached hydrogens (primary N) is 1. The average Bonchev–Trinajstić information content (AvgIpc) is 2.29. The van der Waals surface area contributed by atoms with Crippen LogP contribution in [0.5, 0.6) is 0 Å². The van der Waals surface area contributed by atoms with Crippen LogP contribution in [0.4, 0.5) is 5.69 Å². The number of pyridine rings is 1. The molecule has 0 atom stereocenters. The molecular formula is C11H18N4O. The van der Waals surface area contributed by atoms with Crippen molar-refractivity contribution in [3.05, 3.63) is 24.0 Å². The second-order valence-electron chi connectivity index (χ2n) is 3.43. The molecule has 0 spiro atoms. The van der Waals surface area contributed by atoms with Gasteiger partial charge in [-0.2, -0.15) is 0 Å². The topological polar surface area (TPSA) is 75.2 Å². The zero-order chi connectivity index (χ0) is 12.0. The summed E-state index contributed by atoms with van der Waals surface area (Å²) >= 11 is 0. The molecule has 0 amide bonds. The van der Waals surface area contributed by atoms with Crippen LogP contribution >= 0.6 is 0 Å². The number of nitrogens with zero attached hydrogens (tertiary/aromatic N) is 2. The third-order valence-corrected chi connectivity index (χ3v) is 2.24. The zero-order valence-electron chi connectivity index (χ0n) is 9.73. The summed E-state index contributed by atoms with van der Waals surface area (Å²) in [6, 6.07) is 3.69. The second kappa shape index (κ2) is 6.07. The fourth-order valence-corrected chi connectivity index (χ4v) is 1.28. The van der Waals surface area contributed by atoms with E-state index in [2.05, 4.69) is 4.98 Å². The highest BCUT2D eigenvalue weighted by Crippen LogP contribution is 2.12. The lowest BCUT2D eigenvalue weighted by molar-refractivity contribution is 0.154. The number of aromatic nitrogens is 1. The van der Waals surface area contributed by atoms with Gasteiger partial charge in [0, 0.05) is 32.1 Å². The van der Waals surface area contributed by atoms with E-state index in [1.807, 2.05) is 24.9 Å². The van der Waals surface area contributed by atoms with E-state index in [9.17, 15) is 0 Å². The second-order valence-corrected chi connectivity index (χ2v) is 3.43. The van der Waals surface area contributed by atoms with Crippen molar-refractivity contribution in [3.8, 4) is 0 Å². The van der Waals surface area contributed by atoms with Gasteiger partial charge in [0.05, 0.1) is 6.61 Å². The number of hydrogen-bond donors (Lipinski definition) is 2. The normalized spacial score (nSPS) is 10.1. The largest absolute Gasteiger partial charge is 0.382 e. The molecule has 0 saturated heterocycles. The third kappa shape index (κ3) is 3.51. The Balaban J connectivity index is 2.64. The maximum absolute atomic E-state index is 7.31. The minimum Gasteiger partial charge on any atom is -0.382 e. The van der Waals surface area contributed by atoms with E-state index < -0.39 is 0 Å². The first-order valence-corrected chi connectivity index (χ1v) is 5.24. The quantitative estimate of drug-likeness (QED) is 0.425. The number of likely N-dealkylation sites (N-methyl/N-ethyl adjacent to an activating group) is 1. The molecule has 0 aliphatic rings. The summed E-state index contributed by atoms with van der Waals surface area (Å²) in [5, 5.41) is 7.31. The number of amidine groups is 1. The van der Waals surface area contributed by atoms with Gasteiger partial charge < -0.3 is 15.4 Å². The predicted octanol–water partition coefficient (Wildman–Crippen LogP) is 0.838. The lowest BCUT2D eigenvalue weighted by Crippen LogP contribution is -2.23. The van der Waals surface area contributed by atoms with Crippen molar-refractivity contribution in [3.63, 3.8) is 0 Å². The van der Waals surface area contributed by atoms with E-state index in [1.54, 1.807) is 12.3 Å². The Morgan fingerprint density at radius 1 is 1.62 bits per heavy atom. The van der Waals surface area contributed by atoms with Gasteiger partial charge in [0.25, 0.3) is 0 Å². The molecular weight excluding hydrogens is 204 g/mol. The Labute approximate surface area is 95.7 Å². The van der Waals surface area contributed by atoms with Crippen LogP contribution in [0.25, 0.3) is 0 Å². The summed E-state index contributed by atoms with van der Waals surface area (Å²) < 4.78 is 5.28. The van der Waals surface area contributed by atoms with Gasteiger partial charge in [-0.3, -0.25) is 10.4 Å². The Morgan fingerprint density at radius 3 is 3.00 bits per heavy atom. The first-order chi connectivity index (χ1) is 7.65. The molecule has 0 aliphatic carbocycles. The zero-order valence-corrected chi connectivity index (χ0v) is 9.73. The summed E-state index contributed by atoms with van der Waals surface area (Å²) in [6.45, 7) is 4.18. The van der Waals surface area contributed by atoms with Crippen molar-refractivity contribution in [2.75, 3.05) is 31.7 Å². The molecule has 0 saturated carbocycles. The van der Waals surface area contributed by atoms with Crippen LogP contribution in [0.3, 0.4) is 0 Å². The average molecular weight is 222 g/mol. The van der Waals surface area contributed by atoms with Gasteiger partial charge in [-0.1, -0.05) is 0 Å². The van der Waals surface area contributed by atoms with Gasteiger partial charge in [0.2, 0.25) is 0 Å². The molecule has 0 radical (unpaired) electrons. The molecule has 1 aromatic heterocycles. The predicted molar refractivity (Wildman–Crippen MR) is 65.0 cm³/mol. The van der Waals surface area contributed by atoms with E-state index in [-0.39, 0.29) is 5.84 Å². The molecule has 1 rings (SSSR count). The third-order valence-electron chi connectivity index (χ3n) is 2.24. The molecule has 0 aliphatic heterocycles. The highest BCUT2D eigenvalue weighted by Gasteiger charge is 2.04. The van der Waals surface area contributed by atoms with Gasteiger partial charge in [-0.15, -0.1) is 0 Å². The lowest BCUT2D eigenvalue weighted by Gasteiger charge is -2.19. The number of rotatable bonds is 6. The maximum atomic E-state index is 7.31. The summed E-state index contributed by atoms with van der Waals surface area (Å²) in [7, 11) is 1.97. The standard InChI is InChI=1S/C11H18N4O/c1-3-16-7-6-15(2)9-4-5-14-10(8-9)11(12)13/h4-5,8H,3,6-7H2,1-2H3,(H3,12,13). The van der Waals surface area contributed by atoms with Crippen LogP contribution in [0.2, 0.25) is 0 Å². The van der Waals surface area contributed by atoms with Crippen molar-refractivity contribution < 1.29 is 4.74 Å². The Morgan fingerprint density at radius 2 is 2.38 bits per heavy atom. The van der Waals surface area contributed by atoms with E-state index in [4.69, 9.17) is 15.9 Å². The number of hydrogen-bond acceptors (Lipinski definition) is 4. The molecule has 16 heavy (non-hydrogen) atoms. The lowest BCUT2D eigenvalue weighted by atomic mass is 10.3. The van der Waals surface area contributed by atoms with Gasteiger partial charge in [0.1, 0.15) is 11.5 Å². The van der Waals surface area contributed by atoms with Crippen LogP contribution < -0.4 is 10.6 Å². The van der Waals surface area contributed by atoms with Crippen molar-refractivity contribution in [1.29, 1.82) is 5.41 Å². The molecule has 1 heterocycles. The maximum Gasteiger partial charge on any atom is 0.141 e. The first kappa shape index (κ1) is 12.4. The van der Waals surface area contributed by atoms with E-state index in [0.717, 1.165) is 18.8 Å². The Hall–Kier alpha value is -1.62. The van der Waals surface area contributed by atoms with Gasteiger partial charge in [0.15, 0.2) is 0 Å². The molecule has 3 N–H and O–H groups in total. The fraction of sp³-hybridized carbons (Fsp3) is 0.455. The summed E-state index contributed by atoms with van der Waals surface area (Å²) in [4.78, 5) is 6.06.